The van der Waals surface area contributed by atoms with E-state index in [9.17, 15) is 9.59 Å². The van der Waals surface area contributed by atoms with Gasteiger partial charge in [-0.2, -0.15) is 0 Å². The number of pyridine rings is 1. The molecule has 1 fully saturated rings. The maximum absolute atomic E-state index is 12.2. The van der Waals surface area contributed by atoms with Gasteiger partial charge in [-0.3, -0.25) is 14.6 Å². The first kappa shape index (κ1) is 18.1. The van der Waals surface area contributed by atoms with E-state index >= 15 is 0 Å². The molecule has 1 aliphatic rings. The van der Waals surface area contributed by atoms with Crippen molar-refractivity contribution in [2.75, 3.05) is 5.32 Å². The van der Waals surface area contributed by atoms with Gasteiger partial charge in [0.05, 0.1) is 0 Å². The van der Waals surface area contributed by atoms with Crippen LogP contribution in [0, 0.1) is 5.92 Å². The third-order valence-electron chi connectivity index (χ3n) is 4.82. The molecule has 0 bridgehead atoms. The zero-order valence-electron chi connectivity index (χ0n) is 14.9. The number of anilines is 1. The molecular formula is C21H25N3O2. The summed E-state index contributed by atoms with van der Waals surface area (Å²) >= 11 is 0. The van der Waals surface area contributed by atoms with Crippen LogP contribution < -0.4 is 10.6 Å². The molecule has 1 aromatic carbocycles. The molecule has 5 nitrogen and oxygen atoms in total. The number of nitrogens with one attached hydrogen (secondary N) is 2. The quantitative estimate of drug-likeness (QED) is 0.828. The van der Waals surface area contributed by atoms with Crippen molar-refractivity contribution < 1.29 is 9.59 Å². The molecule has 1 heterocycles. The van der Waals surface area contributed by atoms with E-state index in [-0.39, 0.29) is 11.8 Å². The lowest BCUT2D eigenvalue weighted by Crippen LogP contribution is -2.26. The van der Waals surface area contributed by atoms with Crippen molar-refractivity contribution in [3.8, 4) is 0 Å². The summed E-state index contributed by atoms with van der Waals surface area (Å²) in [6.45, 7) is 0.477. The fraction of sp³-hybridized carbons (Fsp3) is 0.381. The largest absolute Gasteiger partial charge is 0.352 e. The molecule has 1 aromatic heterocycles. The van der Waals surface area contributed by atoms with Gasteiger partial charge in [0.1, 0.15) is 0 Å². The number of carbonyl (C=O) groups is 2. The van der Waals surface area contributed by atoms with E-state index in [4.69, 9.17) is 0 Å². The first-order chi connectivity index (χ1) is 12.7. The third-order valence-corrected chi connectivity index (χ3v) is 4.82. The molecule has 0 atom stereocenters. The van der Waals surface area contributed by atoms with Gasteiger partial charge < -0.3 is 10.6 Å². The molecular weight excluding hydrogens is 326 g/mol. The Hall–Kier alpha value is -2.69. The van der Waals surface area contributed by atoms with E-state index in [1.165, 1.54) is 32.1 Å². The molecule has 1 saturated carbocycles. The smallest absolute Gasteiger partial charge is 0.255 e. The molecule has 0 spiro atoms. The van der Waals surface area contributed by atoms with Gasteiger partial charge in [-0.25, -0.2) is 0 Å². The van der Waals surface area contributed by atoms with Crippen LogP contribution in [-0.2, 0) is 11.3 Å². The minimum atomic E-state index is -0.175. The second-order valence-corrected chi connectivity index (χ2v) is 6.88. The molecule has 3 rings (SSSR count). The first-order valence-corrected chi connectivity index (χ1v) is 9.28. The Morgan fingerprint density at radius 3 is 2.58 bits per heavy atom. The molecule has 2 amide bonds. The number of amides is 2. The Morgan fingerprint density at radius 2 is 1.81 bits per heavy atom. The van der Waals surface area contributed by atoms with Crippen LogP contribution in [0.2, 0.25) is 0 Å². The number of carbonyl (C=O) groups excluding carboxylic acids is 2. The van der Waals surface area contributed by atoms with E-state index < -0.39 is 0 Å². The van der Waals surface area contributed by atoms with Crippen LogP contribution in [0.15, 0.2) is 48.8 Å². The maximum Gasteiger partial charge on any atom is 0.255 e. The standard InChI is InChI=1S/C21H25N3O2/c25-20(14-16-5-2-1-3-6-16)23-15-17-7-4-8-19(13-17)24-21(26)18-9-11-22-12-10-18/h4,7-13,16H,1-3,5-6,14-15H2,(H,23,25)(H,24,26). The van der Waals surface area contributed by atoms with E-state index in [0.717, 1.165) is 5.56 Å². The van der Waals surface area contributed by atoms with Gasteiger partial charge in [-0.1, -0.05) is 31.4 Å². The van der Waals surface area contributed by atoms with Gasteiger partial charge in [0.25, 0.3) is 5.91 Å². The number of benzene rings is 1. The Kier molecular flexibility index (Phi) is 6.36. The summed E-state index contributed by atoms with van der Waals surface area (Å²) in [6, 6.07) is 10.9. The average molecular weight is 351 g/mol. The van der Waals surface area contributed by atoms with Crippen LogP contribution in [0.1, 0.15) is 54.4 Å². The van der Waals surface area contributed by atoms with Gasteiger partial charge in [-0.05, 0) is 48.6 Å². The van der Waals surface area contributed by atoms with Crippen molar-refractivity contribution in [2.24, 2.45) is 5.92 Å². The number of aromatic nitrogens is 1. The molecule has 0 radical (unpaired) electrons. The van der Waals surface area contributed by atoms with Crippen molar-refractivity contribution in [3.05, 3.63) is 59.9 Å². The van der Waals surface area contributed by atoms with Gasteiger partial charge in [-0.15, -0.1) is 0 Å². The summed E-state index contributed by atoms with van der Waals surface area (Å²) in [4.78, 5) is 28.3. The fourth-order valence-corrected chi connectivity index (χ4v) is 3.39. The van der Waals surface area contributed by atoms with Gasteiger partial charge >= 0.3 is 0 Å². The maximum atomic E-state index is 12.2. The minimum absolute atomic E-state index is 0.114. The summed E-state index contributed by atoms with van der Waals surface area (Å²) in [5.41, 5.74) is 2.24. The van der Waals surface area contributed by atoms with E-state index in [0.29, 0.717) is 30.1 Å². The molecule has 5 heteroatoms. The van der Waals surface area contributed by atoms with Gasteiger partial charge in [0.2, 0.25) is 5.91 Å². The fourth-order valence-electron chi connectivity index (χ4n) is 3.39. The highest BCUT2D eigenvalue weighted by Crippen LogP contribution is 2.26. The van der Waals surface area contributed by atoms with Crippen molar-refractivity contribution in [3.63, 3.8) is 0 Å². The van der Waals surface area contributed by atoms with Crippen LogP contribution in [0.4, 0.5) is 5.69 Å². The zero-order chi connectivity index (χ0) is 18.2. The number of nitrogens with zero attached hydrogens (tertiary/aromatic N) is 1. The topological polar surface area (TPSA) is 71.1 Å². The SMILES string of the molecule is O=C(CC1CCCCC1)NCc1cccc(NC(=O)c2ccncc2)c1. The number of rotatable bonds is 6. The summed E-state index contributed by atoms with van der Waals surface area (Å²) in [7, 11) is 0. The van der Waals surface area contributed by atoms with Crippen molar-refractivity contribution in [1.82, 2.24) is 10.3 Å². The molecule has 2 aromatic rings. The second-order valence-electron chi connectivity index (χ2n) is 6.88. The lowest BCUT2D eigenvalue weighted by atomic mass is 9.87. The third kappa shape index (κ3) is 5.41. The Bertz CT molecular complexity index is 740. The van der Waals surface area contributed by atoms with Crippen LogP contribution in [0.25, 0.3) is 0 Å². The average Bonchev–Trinajstić information content (AvgIpc) is 2.68. The summed E-state index contributed by atoms with van der Waals surface area (Å²) in [6.07, 6.45) is 9.94. The summed E-state index contributed by atoms with van der Waals surface area (Å²) in [5.74, 6) is 0.476. The molecule has 1 aliphatic carbocycles. The Morgan fingerprint density at radius 1 is 1.04 bits per heavy atom. The molecule has 136 valence electrons. The van der Waals surface area contributed by atoms with Gasteiger partial charge in [0.15, 0.2) is 0 Å². The molecule has 26 heavy (non-hydrogen) atoms. The summed E-state index contributed by atoms with van der Waals surface area (Å²) < 4.78 is 0. The lowest BCUT2D eigenvalue weighted by molar-refractivity contribution is -0.122. The highest BCUT2D eigenvalue weighted by atomic mass is 16.2. The number of hydrogen-bond donors (Lipinski definition) is 2. The van der Waals surface area contributed by atoms with Crippen LogP contribution >= 0.6 is 0 Å². The van der Waals surface area contributed by atoms with Crippen molar-refractivity contribution in [1.29, 1.82) is 0 Å². The highest BCUT2D eigenvalue weighted by molar-refractivity contribution is 6.04. The number of hydrogen-bond acceptors (Lipinski definition) is 3. The van der Waals surface area contributed by atoms with Crippen LogP contribution in [-0.4, -0.2) is 16.8 Å². The van der Waals surface area contributed by atoms with Crippen molar-refractivity contribution in [2.45, 2.75) is 45.1 Å². The van der Waals surface area contributed by atoms with E-state index in [1.54, 1.807) is 24.5 Å². The van der Waals surface area contributed by atoms with Crippen molar-refractivity contribution >= 4 is 17.5 Å². The predicted octanol–water partition coefficient (Wildman–Crippen LogP) is 3.92. The lowest BCUT2D eigenvalue weighted by Gasteiger charge is -2.20. The van der Waals surface area contributed by atoms with E-state index in [1.807, 2.05) is 24.3 Å². The molecule has 0 aliphatic heterocycles. The van der Waals surface area contributed by atoms with Crippen LogP contribution in [0.5, 0.6) is 0 Å². The normalized spacial score (nSPS) is 14.6. The second kappa shape index (κ2) is 9.13. The molecule has 0 saturated heterocycles. The predicted molar refractivity (Wildman–Crippen MR) is 102 cm³/mol. The monoisotopic (exact) mass is 351 g/mol. The Labute approximate surface area is 154 Å². The first-order valence-electron chi connectivity index (χ1n) is 9.28. The molecule has 0 unspecified atom stereocenters. The Balaban J connectivity index is 1.50. The molecule has 2 N–H and O–H groups in total. The summed E-state index contributed by atoms with van der Waals surface area (Å²) in [5, 5.41) is 5.87. The minimum Gasteiger partial charge on any atom is -0.352 e. The van der Waals surface area contributed by atoms with E-state index in [2.05, 4.69) is 15.6 Å². The van der Waals surface area contributed by atoms with Crippen LogP contribution in [0.3, 0.4) is 0 Å². The van der Waals surface area contributed by atoms with Gasteiger partial charge in [0, 0.05) is 36.6 Å². The zero-order valence-corrected chi connectivity index (χ0v) is 14.9. The highest BCUT2D eigenvalue weighted by Gasteiger charge is 2.16.